The van der Waals surface area contributed by atoms with Crippen molar-refractivity contribution in [3.8, 4) is 28.4 Å². The fraction of sp³-hybridized carbons (Fsp3) is 0.160. The quantitative estimate of drug-likeness (QED) is 0.240. The van der Waals surface area contributed by atoms with Gasteiger partial charge in [-0.1, -0.05) is 0 Å². The number of aromatic nitrogens is 4. The van der Waals surface area contributed by atoms with Gasteiger partial charge < -0.3 is 10.1 Å². The molecule has 3 aromatic heterocycles. The van der Waals surface area contributed by atoms with Crippen LogP contribution in [-0.4, -0.2) is 48.0 Å². The van der Waals surface area contributed by atoms with Gasteiger partial charge in [-0.2, -0.15) is 13.2 Å². The Balaban J connectivity index is 1.30. The van der Waals surface area contributed by atoms with E-state index in [0.29, 0.717) is 5.69 Å². The third-order valence-corrected chi connectivity index (χ3v) is 7.95. The molecule has 5 rings (SSSR count). The van der Waals surface area contributed by atoms with Gasteiger partial charge >= 0.3 is 6.18 Å². The Kier molecular flexibility index (Phi) is 7.25. The van der Waals surface area contributed by atoms with Gasteiger partial charge in [-0.05, 0) is 54.6 Å². The molecule has 39 heavy (non-hydrogen) atoms. The topological polar surface area (TPSA) is 111 Å². The van der Waals surface area contributed by atoms with E-state index in [2.05, 4.69) is 20.0 Å². The lowest BCUT2D eigenvalue weighted by atomic mass is 10.1. The molecule has 3 heterocycles. The number of ether oxygens (including phenoxy) is 1. The van der Waals surface area contributed by atoms with Crippen LogP contribution in [0.5, 0.6) is 5.75 Å². The van der Waals surface area contributed by atoms with Crippen LogP contribution in [0, 0.1) is 0 Å². The SMILES string of the molecule is COc1ccc(-c2nc3sccn3c2-c2ccnc(NCCNS(=O)(=O)c3ccc(C(F)(F)F)cc3)n2)cc1. The molecule has 0 bridgehead atoms. The minimum atomic E-state index is -4.55. The number of fused-ring (bicyclic) bond motifs is 1. The Hall–Kier alpha value is -4.01. The summed E-state index contributed by atoms with van der Waals surface area (Å²) >= 11 is 1.49. The number of hydrogen-bond acceptors (Lipinski definition) is 8. The molecule has 0 amide bonds. The average Bonchev–Trinajstić information content (AvgIpc) is 3.53. The zero-order valence-corrected chi connectivity index (χ0v) is 21.9. The molecule has 0 aliphatic rings. The Morgan fingerprint density at radius 3 is 2.44 bits per heavy atom. The number of anilines is 1. The number of rotatable bonds is 9. The number of methoxy groups -OCH3 is 1. The minimum Gasteiger partial charge on any atom is -0.497 e. The average molecular weight is 575 g/mol. The standard InChI is InChI=1S/C25H21F3N6O3S2/c1-37-18-6-2-16(3-7-18)21-22(34-14-15-38-24(34)33-21)20-10-11-29-23(32-20)30-12-13-31-39(35,36)19-8-4-17(5-9-19)25(26,27)28/h2-11,14-15,31H,12-13H2,1H3,(H,29,30,32). The summed E-state index contributed by atoms with van der Waals surface area (Å²) < 4.78 is 72.7. The Morgan fingerprint density at radius 2 is 1.74 bits per heavy atom. The van der Waals surface area contributed by atoms with Crippen molar-refractivity contribution in [2.45, 2.75) is 11.1 Å². The minimum absolute atomic E-state index is 0.0461. The van der Waals surface area contributed by atoms with Gasteiger partial charge in [-0.3, -0.25) is 4.40 Å². The van der Waals surface area contributed by atoms with E-state index >= 15 is 0 Å². The molecule has 0 fully saturated rings. The molecule has 0 radical (unpaired) electrons. The van der Waals surface area contributed by atoms with Gasteiger partial charge in [0, 0.05) is 36.4 Å². The molecular weight excluding hydrogens is 553 g/mol. The number of nitrogens with zero attached hydrogens (tertiary/aromatic N) is 4. The van der Waals surface area contributed by atoms with Crippen molar-refractivity contribution in [2.24, 2.45) is 0 Å². The fourth-order valence-corrected chi connectivity index (χ4v) is 5.57. The first-order valence-electron chi connectivity index (χ1n) is 11.5. The highest BCUT2D eigenvalue weighted by atomic mass is 32.2. The number of imidazole rings is 1. The van der Waals surface area contributed by atoms with E-state index in [0.717, 1.165) is 51.9 Å². The molecule has 0 saturated heterocycles. The lowest BCUT2D eigenvalue weighted by Crippen LogP contribution is -2.29. The Labute approximate surface area is 225 Å². The predicted octanol–water partition coefficient (Wildman–Crippen LogP) is 4.94. The number of sulfonamides is 1. The van der Waals surface area contributed by atoms with E-state index in [4.69, 9.17) is 9.72 Å². The second kappa shape index (κ2) is 10.6. The Morgan fingerprint density at radius 1 is 1.00 bits per heavy atom. The van der Waals surface area contributed by atoms with Gasteiger partial charge in [0.25, 0.3) is 0 Å². The molecule has 0 unspecified atom stereocenters. The summed E-state index contributed by atoms with van der Waals surface area (Å²) in [5, 5.41) is 4.90. The van der Waals surface area contributed by atoms with Gasteiger partial charge in [-0.25, -0.2) is 28.1 Å². The number of halogens is 3. The van der Waals surface area contributed by atoms with Crippen LogP contribution >= 0.6 is 11.3 Å². The summed E-state index contributed by atoms with van der Waals surface area (Å²) in [6.07, 6.45) is -1.06. The van der Waals surface area contributed by atoms with Crippen molar-refractivity contribution < 1.29 is 26.3 Å². The van der Waals surface area contributed by atoms with Crippen LogP contribution < -0.4 is 14.8 Å². The maximum Gasteiger partial charge on any atom is 0.416 e. The molecule has 14 heteroatoms. The number of hydrogen-bond donors (Lipinski definition) is 2. The van der Waals surface area contributed by atoms with Gasteiger partial charge in [0.1, 0.15) is 11.4 Å². The van der Waals surface area contributed by atoms with Crippen LogP contribution in [0.4, 0.5) is 19.1 Å². The van der Waals surface area contributed by atoms with Crippen molar-refractivity contribution in [3.63, 3.8) is 0 Å². The molecule has 0 aliphatic heterocycles. The summed E-state index contributed by atoms with van der Waals surface area (Å²) in [5.41, 5.74) is 2.07. The molecule has 9 nitrogen and oxygen atoms in total. The highest BCUT2D eigenvalue weighted by molar-refractivity contribution is 7.89. The van der Waals surface area contributed by atoms with E-state index < -0.39 is 21.8 Å². The molecule has 0 atom stereocenters. The largest absolute Gasteiger partial charge is 0.497 e. The lowest BCUT2D eigenvalue weighted by molar-refractivity contribution is -0.137. The highest BCUT2D eigenvalue weighted by Crippen LogP contribution is 2.34. The lowest BCUT2D eigenvalue weighted by Gasteiger charge is -2.10. The predicted molar refractivity (Wildman–Crippen MR) is 141 cm³/mol. The molecular formula is C25H21F3N6O3S2. The van der Waals surface area contributed by atoms with Crippen LogP contribution in [-0.2, 0) is 16.2 Å². The first-order valence-corrected chi connectivity index (χ1v) is 13.9. The van der Waals surface area contributed by atoms with Crippen molar-refractivity contribution >= 4 is 32.3 Å². The van der Waals surface area contributed by atoms with Crippen molar-refractivity contribution in [1.82, 2.24) is 24.1 Å². The van der Waals surface area contributed by atoms with Gasteiger partial charge in [0.05, 0.1) is 29.0 Å². The molecule has 0 spiro atoms. The monoisotopic (exact) mass is 574 g/mol. The molecule has 2 aromatic carbocycles. The van der Waals surface area contributed by atoms with Crippen LogP contribution in [0.3, 0.4) is 0 Å². The van der Waals surface area contributed by atoms with E-state index in [1.807, 2.05) is 40.2 Å². The summed E-state index contributed by atoms with van der Waals surface area (Å²) in [4.78, 5) is 14.1. The summed E-state index contributed by atoms with van der Waals surface area (Å²) in [6, 6.07) is 12.6. The number of benzene rings is 2. The summed E-state index contributed by atoms with van der Waals surface area (Å²) in [6.45, 7) is 0.0877. The van der Waals surface area contributed by atoms with E-state index in [1.165, 1.54) is 11.3 Å². The molecule has 202 valence electrons. The Bertz CT molecular complexity index is 1700. The zero-order chi connectivity index (χ0) is 27.6. The molecule has 0 saturated carbocycles. The number of nitrogens with one attached hydrogen (secondary N) is 2. The smallest absolute Gasteiger partial charge is 0.416 e. The first-order chi connectivity index (χ1) is 18.7. The summed E-state index contributed by atoms with van der Waals surface area (Å²) in [5.74, 6) is 0.996. The third kappa shape index (κ3) is 5.72. The molecule has 0 aliphatic carbocycles. The fourth-order valence-electron chi connectivity index (χ4n) is 3.82. The second-order valence-electron chi connectivity index (χ2n) is 8.21. The van der Waals surface area contributed by atoms with Crippen LogP contribution in [0.2, 0.25) is 0 Å². The van der Waals surface area contributed by atoms with Crippen LogP contribution in [0.15, 0.2) is 77.3 Å². The zero-order valence-electron chi connectivity index (χ0n) is 20.3. The third-order valence-electron chi connectivity index (χ3n) is 5.72. The summed E-state index contributed by atoms with van der Waals surface area (Å²) in [7, 11) is -2.40. The van der Waals surface area contributed by atoms with Crippen molar-refractivity contribution in [3.05, 3.63) is 77.9 Å². The maximum absolute atomic E-state index is 12.7. The van der Waals surface area contributed by atoms with E-state index in [1.54, 1.807) is 19.4 Å². The maximum atomic E-state index is 12.7. The molecule has 2 N–H and O–H groups in total. The van der Waals surface area contributed by atoms with E-state index in [9.17, 15) is 21.6 Å². The van der Waals surface area contributed by atoms with Crippen LogP contribution in [0.1, 0.15) is 5.56 Å². The number of thiazole rings is 1. The van der Waals surface area contributed by atoms with E-state index in [-0.39, 0.29) is 23.9 Å². The second-order valence-corrected chi connectivity index (χ2v) is 10.8. The highest BCUT2D eigenvalue weighted by Gasteiger charge is 2.30. The number of alkyl halides is 3. The van der Waals surface area contributed by atoms with Crippen LogP contribution in [0.25, 0.3) is 27.6 Å². The van der Waals surface area contributed by atoms with Gasteiger partial charge in [0.15, 0.2) is 4.96 Å². The van der Waals surface area contributed by atoms with Gasteiger partial charge in [-0.15, -0.1) is 11.3 Å². The first kappa shape index (κ1) is 26.6. The van der Waals surface area contributed by atoms with Crippen molar-refractivity contribution in [2.75, 3.05) is 25.5 Å². The van der Waals surface area contributed by atoms with Gasteiger partial charge in [0.2, 0.25) is 16.0 Å². The normalized spacial score (nSPS) is 12.1. The van der Waals surface area contributed by atoms with Crippen molar-refractivity contribution in [1.29, 1.82) is 0 Å². The molecule has 5 aromatic rings.